The molecule has 9 aromatic carbocycles. The molecule has 0 atom stereocenters. The molecule has 0 aliphatic rings. The lowest BCUT2D eigenvalue weighted by molar-refractivity contribution is 0.666. The molecule has 0 fully saturated rings. The van der Waals surface area contributed by atoms with Gasteiger partial charge in [0.2, 0.25) is 0 Å². The predicted octanol–water partition coefficient (Wildman–Crippen LogP) is 14.6. The summed E-state index contributed by atoms with van der Waals surface area (Å²) in [5.74, 6) is 0. The average molecular weight is 667 g/mol. The maximum Gasteiger partial charge on any atom is 0.144 e. The summed E-state index contributed by atoms with van der Waals surface area (Å²) in [6.07, 6.45) is 0. The van der Waals surface area contributed by atoms with Crippen molar-refractivity contribution < 1.29 is 8.83 Å². The summed E-state index contributed by atoms with van der Waals surface area (Å²) in [5, 5.41) is 14.0. The summed E-state index contributed by atoms with van der Waals surface area (Å²) in [7, 11) is 0. The fourth-order valence-electron chi connectivity index (χ4n) is 8.67. The van der Waals surface area contributed by atoms with E-state index in [1.165, 1.54) is 52.8 Å². The van der Waals surface area contributed by atoms with Gasteiger partial charge in [-0.15, -0.1) is 11.3 Å². The van der Waals surface area contributed by atoms with E-state index in [0.717, 1.165) is 65.8 Å². The molecule has 12 rings (SSSR count). The highest BCUT2D eigenvalue weighted by atomic mass is 32.1. The Bertz CT molecular complexity index is 3370. The summed E-state index contributed by atoms with van der Waals surface area (Å²) in [4.78, 5) is 0. The van der Waals surface area contributed by atoms with Crippen LogP contribution in [0, 0.1) is 0 Å². The van der Waals surface area contributed by atoms with Crippen molar-refractivity contribution >= 4 is 108 Å². The van der Waals surface area contributed by atoms with Gasteiger partial charge in [0.05, 0.1) is 0 Å². The molecule has 0 amide bonds. The maximum atomic E-state index is 7.13. The molecule has 3 aromatic heterocycles. The lowest BCUT2D eigenvalue weighted by Gasteiger charge is -2.18. The van der Waals surface area contributed by atoms with Crippen LogP contribution in [0.1, 0.15) is 0 Å². The number of hydrogen-bond acceptors (Lipinski definition) is 3. The van der Waals surface area contributed by atoms with Gasteiger partial charge < -0.3 is 8.83 Å². The van der Waals surface area contributed by atoms with Crippen molar-refractivity contribution in [2.24, 2.45) is 0 Å². The zero-order valence-corrected chi connectivity index (χ0v) is 28.1. The van der Waals surface area contributed by atoms with Gasteiger partial charge in [0.1, 0.15) is 22.3 Å². The molecule has 0 unspecified atom stereocenters. The highest BCUT2D eigenvalue weighted by Crippen LogP contribution is 2.51. The van der Waals surface area contributed by atoms with Crippen molar-refractivity contribution in [3.05, 3.63) is 158 Å². The number of benzene rings is 9. The first-order chi connectivity index (χ1) is 25.3. The highest BCUT2D eigenvalue weighted by Gasteiger charge is 2.26. The maximum absolute atomic E-state index is 7.13. The van der Waals surface area contributed by atoms with Crippen molar-refractivity contribution in [1.82, 2.24) is 0 Å². The van der Waals surface area contributed by atoms with E-state index in [9.17, 15) is 0 Å². The van der Waals surface area contributed by atoms with Crippen molar-refractivity contribution in [3.63, 3.8) is 0 Å². The van der Waals surface area contributed by atoms with Gasteiger partial charge in [-0.3, -0.25) is 0 Å². The van der Waals surface area contributed by atoms with Crippen LogP contribution in [-0.2, 0) is 0 Å². The van der Waals surface area contributed by atoms with Gasteiger partial charge in [0.15, 0.2) is 0 Å². The standard InChI is InChI=1S/C48H26O2S/c1-2-12-29-27(11-1)21-23-35-38-26-40-45(36-18-7-9-19-39(36)49-40)46(48(38)50-47(29)35)44-33-16-5-3-14-31(33)43(32-15-4-6-17-34(32)44)28-22-24-42-37(25-28)30-13-8-10-20-41(30)51-42/h1-26H. The number of hydrogen-bond donors (Lipinski definition) is 0. The molecule has 0 saturated heterocycles. The Hall–Kier alpha value is -6.42. The first kappa shape index (κ1) is 27.4. The van der Waals surface area contributed by atoms with Gasteiger partial charge in [0, 0.05) is 58.2 Å². The third-order valence-corrected chi connectivity index (χ3v) is 12.0. The topological polar surface area (TPSA) is 26.3 Å². The van der Waals surface area contributed by atoms with Crippen molar-refractivity contribution in [1.29, 1.82) is 0 Å². The van der Waals surface area contributed by atoms with Crippen molar-refractivity contribution in [2.75, 3.05) is 0 Å². The monoisotopic (exact) mass is 666 g/mol. The van der Waals surface area contributed by atoms with Crippen molar-refractivity contribution in [2.45, 2.75) is 0 Å². The average Bonchev–Trinajstić information content (AvgIpc) is 3.87. The van der Waals surface area contributed by atoms with Crippen LogP contribution in [0.4, 0.5) is 0 Å². The minimum Gasteiger partial charge on any atom is -0.456 e. The number of thiophene rings is 1. The summed E-state index contributed by atoms with van der Waals surface area (Å²) >= 11 is 1.86. The zero-order valence-electron chi connectivity index (χ0n) is 27.2. The third-order valence-electron chi connectivity index (χ3n) is 10.8. The predicted molar refractivity (Wildman–Crippen MR) is 217 cm³/mol. The molecule has 12 aromatic rings. The highest BCUT2D eigenvalue weighted by molar-refractivity contribution is 7.25. The van der Waals surface area contributed by atoms with E-state index in [-0.39, 0.29) is 0 Å². The first-order valence-electron chi connectivity index (χ1n) is 17.3. The number of fused-ring (bicyclic) bond motifs is 13. The van der Waals surface area contributed by atoms with E-state index in [0.29, 0.717) is 0 Å². The molecule has 0 aliphatic carbocycles. The van der Waals surface area contributed by atoms with E-state index in [1.54, 1.807) is 0 Å². The van der Waals surface area contributed by atoms with Crippen LogP contribution in [-0.4, -0.2) is 0 Å². The molecular formula is C48H26O2S. The van der Waals surface area contributed by atoms with Gasteiger partial charge in [0.25, 0.3) is 0 Å². The second-order valence-electron chi connectivity index (χ2n) is 13.5. The lowest BCUT2D eigenvalue weighted by atomic mass is 9.84. The van der Waals surface area contributed by atoms with Gasteiger partial charge in [-0.05, 0) is 74.5 Å². The number of furan rings is 2. The second-order valence-corrected chi connectivity index (χ2v) is 14.6. The Morgan fingerprint density at radius 3 is 1.75 bits per heavy atom. The van der Waals surface area contributed by atoms with Gasteiger partial charge in [-0.1, -0.05) is 121 Å². The molecule has 0 saturated carbocycles. The Balaban J connectivity index is 1.28. The fraction of sp³-hybridized carbons (Fsp3) is 0. The summed E-state index contributed by atoms with van der Waals surface area (Å²) < 4.78 is 16.4. The van der Waals surface area contributed by atoms with Crippen LogP contribution in [0.25, 0.3) is 119 Å². The number of rotatable bonds is 2. The van der Waals surface area contributed by atoms with E-state index in [1.807, 2.05) is 17.4 Å². The first-order valence-corrected chi connectivity index (χ1v) is 18.2. The smallest absolute Gasteiger partial charge is 0.144 e. The minimum absolute atomic E-state index is 0.863. The van der Waals surface area contributed by atoms with Crippen LogP contribution in [0.2, 0.25) is 0 Å². The molecule has 236 valence electrons. The molecular weight excluding hydrogens is 641 g/mol. The van der Waals surface area contributed by atoms with Gasteiger partial charge >= 0.3 is 0 Å². The molecule has 0 radical (unpaired) electrons. The third kappa shape index (κ3) is 3.71. The summed E-state index contributed by atoms with van der Waals surface area (Å²) in [5.41, 5.74) is 8.23. The van der Waals surface area contributed by atoms with Gasteiger partial charge in [-0.25, -0.2) is 0 Å². The van der Waals surface area contributed by atoms with Crippen LogP contribution < -0.4 is 0 Å². The van der Waals surface area contributed by atoms with Crippen LogP contribution in [0.3, 0.4) is 0 Å². The molecule has 3 heterocycles. The Kier molecular flexibility index (Phi) is 5.41. The molecule has 0 spiro atoms. The molecule has 3 heteroatoms. The number of para-hydroxylation sites is 1. The van der Waals surface area contributed by atoms with Crippen LogP contribution in [0.15, 0.2) is 167 Å². The Morgan fingerprint density at radius 1 is 0.333 bits per heavy atom. The summed E-state index contributed by atoms with van der Waals surface area (Å²) in [6, 6.07) is 57.0. The molecule has 51 heavy (non-hydrogen) atoms. The van der Waals surface area contributed by atoms with E-state index >= 15 is 0 Å². The largest absolute Gasteiger partial charge is 0.456 e. The molecule has 0 bridgehead atoms. The van der Waals surface area contributed by atoms with E-state index in [4.69, 9.17) is 8.83 Å². The second kappa shape index (κ2) is 10.1. The van der Waals surface area contributed by atoms with E-state index < -0.39 is 0 Å². The Labute approximate surface area is 295 Å². The zero-order chi connectivity index (χ0) is 33.2. The molecule has 0 aliphatic heterocycles. The molecule has 0 N–H and O–H groups in total. The molecule has 2 nitrogen and oxygen atoms in total. The summed E-state index contributed by atoms with van der Waals surface area (Å²) in [6.45, 7) is 0. The Morgan fingerprint density at radius 2 is 0.961 bits per heavy atom. The minimum atomic E-state index is 0.863. The van der Waals surface area contributed by atoms with E-state index in [2.05, 4.69) is 152 Å². The van der Waals surface area contributed by atoms with Crippen LogP contribution in [0.5, 0.6) is 0 Å². The normalized spacial score (nSPS) is 12.3. The quantitative estimate of drug-likeness (QED) is 0.172. The lowest BCUT2D eigenvalue weighted by Crippen LogP contribution is -1.92. The van der Waals surface area contributed by atoms with Crippen molar-refractivity contribution in [3.8, 4) is 22.3 Å². The fourth-order valence-corrected chi connectivity index (χ4v) is 9.76. The SMILES string of the molecule is c1ccc2c(c1)ccc1c3cc4oc5ccccc5c4c(-c4c5ccccc5c(-c5ccc6sc7ccccc7c6c5)c5ccccc45)c3oc21. The van der Waals surface area contributed by atoms with Gasteiger partial charge in [-0.2, -0.15) is 0 Å². The van der Waals surface area contributed by atoms with Crippen LogP contribution >= 0.6 is 11.3 Å².